The topological polar surface area (TPSA) is 87.1 Å². The molecule has 1 heterocycles. The summed E-state index contributed by atoms with van der Waals surface area (Å²) in [5.41, 5.74) is 0.139. The first-order valence-electron chi connectivity index (χ1n) is 6.51. The summed E-state index contributed by atoms with van der Waals surface area (Å²) >= 11 is 0. The second-order valence-corrected chi connectivity index (χ2v) is 5.43. The zero-order chi connectivity index (χ0) is 14.0. The third-order valence-electron chi connectivity index (χ3n) is 3.77. The highest BCUT2D eigenvalue weighted by molar-refractivity contribution is 5.92. The molecule has 0 spiro atoms. The SMILES string of the molecule is CCNC(=O)c1ccc(NC2CC(O)C2(C)C)nn1. The summed E-state index contributed by atoms with van der Waals surface area (Å²) in [5.74, 6) is 0.402. The number of rotatable bonds is 4. The number of nitrogens with zero attached hydrogens (tertiary/aromatic N) is 2. The van der Waals surface area contributed by atoms with Crippen molar-refractivity contribution in [2.24, 2.45) is 5.41 Å². The Morgan fingerprint density at radius 3 is 2.68 bits per heavy atom. The molecule has 0 bridgehead atoms. The average molecular weight is 264 g/mol. The number of amides is 1. The van der Waals surface area contributed by atoms with Crippen LogP contribution in [0, 0.1) is 5.41 Å². The van der Waals surface area contributed by atoms with Crippen molar-refractivity contribution in [1.82, 2.24) is 15.5 Å². The Labute approximate surface area is 112 Å². The van der Waals surface area contributed by atoms with Gasteiger partial charge in [0.2, 0.25) is 0 Å². The lowest BCUT2D eigenvalue weighted by Gasteiger charge is -2.49. The molecule has 2 rings (SSSR count). The summed E-state index contributed by atoms with van der Waals surface area (Å²) in [6.45, 7) is 6.44. The molecule has 1 fully saturated rings. The van der Waals surface area contributed by atoms with E-state index in [1.54, 1.807) is 12.1 Å². The summed E-state index contributed by atoms with van der Waals surface area (Å²) in [6, 6.07) is 3.55. The lowest BCUT2D eigenvalue weighted by Crippen LogP contribution is -2.57. The minimum absolute atomic E-state index is 0.167. The third kappa shape index (κ3) is 2.68. The van der Waals surface area contributed by atoms with Gasteiger partial charge in [-0.3, -0.25) is 4.79 Å². The zero-order valence-electron chi connectivity index (χ0n) is 11.5. The lowest BCUT2D eigenvalue weighted by molar-refractivity contribution is -0.0511. The minimum atomic E-state index is -0.285. The molecular formula is C13H20N4O2. The maximum atomic E-state index is 11.5. The van der Waals surface area contributed by atoms with E-state index in [9.17, 15) is 9.90 Å². The molecule has 2 unspecified atom stereocenters. The van der Waals surface area contributed by atoms with Gasteiger partial charge >= 0.3 is 0 Å². The Balaban J connectivity index is 1.98. The van der Waals surface area contributed by atoms with Gasteiger partial charge in [0.25, 0.3) is 5.91 Å². The predicted octanol–water partition coefficient (Wildman–Crippen LogP) is 0.798. The molecule has 0 aliphatic heterocycles. The number of nitrogens with one attached hydrogen (secondary N) is 2. The van der Waals surface area contributed by atoms with E-state index in [0.29, 0.717) is 24.5 Å². The van der Waals surface area contributed by atoms with Crippen LogP contribution >= 0.6 is 0 Å². The number of hydrogen-bond acceptors (Lipinski definition) is 5. The first-order chi connectivity index (χ1) is 8.95. The highest BCUT2D eigenvalue weighted by Gasteiger charge is 2.47. The summed E-state index contributed by atoms with van der Waals surface area (Å²) in [7, 11) is 0. The third-order valence-corrected chi connectivity index (χ3v) is 3.77. The molecule has 6 heteroatoms. The van der Waals surface area contributed by atoms with Crippen molar-refractivity contribution in [2.45, 2.75) is 39.3 Å². The molecule has 1 amide bonds. The molecule has 19 heavy (non-hydrogen) atoms. The Kier molecular flexibility index (Phi) is 3.71. The largest absolute Gasteiger partial charge is 0.392 e. The van der Waals surface area contributed by atoms with Gasteiger partial charge in [-0.2, -0.15) is 0 Å². The van der Waals surface area contributed by atoms with Crippen molar-refractivity contribution in [1.29, 1.82) is 0 Å². The summed E-state index contributed by atoms with van der Waals surface area (Å²) < 4.78 is 0. The molecule has 104 valence electrons. The van der Waals surface area contributed by atoms with Gasteiger partial charge in [0.1, 0.15) is 5.82 Å². The molecule has 0 aromatic carbocycles. The number of hydrogen-bond donors (Lipinski definition) is 3. The van der Waals surface area contributed by atoms with Crippen LogP contribution < -0.4 is 10.6 Å². The summed E-state index contributed by atoms with van der Waals surface area (Å²) in [4.78, 5) is 11.5. The molecule has 1 saturated carbocycles. The van der Waals surface area contributed by atoms with E-state index in [-0.39, 0.29) is 23.5 Å². The van der Waals surface area contributed by atoms with Crippen molar-refractivity contribution in [3.63, 3.8) is 0 Å². The Morgan fingerprint density at radius 1 is 1.47 bits per heavy atom. The van der Waals surface area contributed by atoms with Gasteiger partial charge in [-0.15, -0.1) is 10.2 Å². The smallest absolute Gasteiger partial charge is 0.271 e. The van der Waals surface area contributed by atoms with Crippen LogP contribution in [0.2, 0.25) is 0 Å². The number of carbonyl (C=O) groups is 1. The standard InChI is InChI=1S/C13H20N4O2/c1-4-14-12(19)8-5-6-11(17-16-8)15-9-7-10(18)13(9,2)3/h5-6,9-10,18H,4,7H2,1-3H3,(H,14,19)(H,15,17). The maximum Gasteiger partial charge on any atom is 0.271 e. The first kappa shape index (κ1) is 13.7. The van der Waals surface area contributed by atoms with Gasteiger partial charge in [0, 0.05) is 18.0 Å². The summed E-state index contributed by atoms with van der Waals surface area (Å²) in [6.07, 6.45) is 0.416. The maximum absolute atomic E-state index is 11.5. The van der Waals surface area contributed by atoms with Gasteiger partial charge in [-0.1, -0.05) is 13.8 Å². The van der Waals surface area contributed by atoms with Crippen LogP contribution in [0.4, 0.5) is 5.82 Å². The van der Waals surface area contributed by atoms with Crippen molar-refractivity contribution in [3.8, 4) is 0 Å². The number of carbonyl (C=O) groups excluding carboxylic acids is 1. The van der Waals surface area contributed by atoms with Gasteiger partial charge in [-0.25, -0.2) is 0 Å². The fraction of sp³-hybridized carbons (Fsp3) is 0.615. The second kappa shape index (κ2) is 5.13. The van der Waals surface area contributed by atoms with Crippen LogP contribution in [0.3, 0.4) is 0 Å². The number of aliphatic hydroxyl groups is 1. The van der Waals surface area contributed by atoms with Gasteiger partial charge in [-0.05, 0) is 25.5 Å². The van der Waals surface area contributed by atoms with Gasteiger partial charge in [0.05, 0.1) is 6.10 Å². The van der Waals surface area contributed by atoms with Crippen molar-refractivity contribution in [2.75, 3.05) is 11.9 Å². The van der Waals surface area contributed by atoms with Crippen LogP contribution in [0.1, 0.15) is 37.7 Å². The van der Waals surface area contributed by atoms with Crippen LogP contribution in [0.25, 0.3) is 0 Å². The predicted molar refractivity (Wildman–Crippen MR) is 71.9 cm³/mol. The average Bonchev–Trinajstić information content (AvgIpc) is 2.39. The Hall–Kier alpha value is -1.69. The summed E-state index contributed by atoms with van der Waals surface area (Å²) in [5, 5.41) is 23.5. The Bertz CT molecular complexity index is 458. The van der Waals surface area contributed by atoms with Crippen LogP contribution in [0.5, 0.6) is 0 Å². The van der Waals surface area contributed by atoms with Gasteiger partial charge < -0.3 is 15.7 Å². The van der Waals surface area contributed by atoms with Crippen LogP contribution in [0.15, 0.2) is 12.1 Å². The highest BCUT2D eigenvalue weighted by atomic mass is 16.3. The Morgan fingerprint density at radius 2 is 2.21 bits per heavy atom. The van der Waals surface area contributed by atoms with Crippen LogP contribution in [-0.4, -0.2) is 39.9 Å². The first-order valence-corrected chi connectivity index (χ1v) is 6.51. The van der Waals surface area contributed by atoms with E-state index < -0.39 is 0 Å². The minimum Gasteiger partial charge on any atom is -0.392 e. The van der Waals surface area contributed by atoms with E-state index in [0.717, 1.165) is 0 Å². The molecule has 2 atom stereocenters. The lowest BCUT2D eigenvalue weighted by atomic mass is 9.64. The van der Waals surface area contributed by atoms with E-state index >= 15 is 0 Å². The number of aromatic nitrogens is 2. The highest BCUT2D eigenvalue weighted by Crippen LogP contribution is 2.41. The fourth-order valence-corrected chi connectivity index (χ4v) is 2.11. The van der Waals surface area contributed by atoms with Gasteiger partial charge in [0.15, 0.2) is 5.69 Å². The van der Waals surface area contributed by atoms with Crippen LogP contribution in [-0.2, 0) is 0 Å². The molecule has 1 aliphatic rings. The molecule has 6 nitrogen and oxygen atoms in total. The fourth-order valence-electron chi connectivity index (χ4n) is 2.11. The number of aliphatic hydroxyl groups excluding tert-OH is 1. The molecule has 1 aromatic heterocycles. The quantitative estimate of drug-likeness (QED) is 0.748. The molecule has 3 N–H and O–H groups in total. The normalized spacial score (nSPS) is 24.4. The molecular weight excluding hydrogens is 244 g/mol. The van der Waals surface area contributed by atoms with E-state index in [1.807, 2.05) is 20.8 Å². The van der Waals surface area contributed by atoms with Crippen molar-refractivity contribution >= 4 is 11.7 Å². The molecule has 1 aliphatic carbocycles. The molecule has 0 radical (unpaired) electrons. The molecule has 1 aromatic rings. The van der Waals surface area contributed by atoms with E-state index in [4.69, 9.17) is 0 Å². The van der Waals surface area contributed by atoms with E-state index in [1.165, 1.54) is 0 Å². The molecule has 0 saturated heterocycles. The number of anilines is 1. The van der Waals surface area contributed by atoms with Crippen molar-refractivity contribution in [3.05, 3.63) is 17.8 Å². The second-order valence-electron chi connectivity index (χ2n) is 5.43. The zero-order valence-corrected chi connectivity index (χ0v) is 11.5. The monoisotopic (exact) mass is 264 g/mol. The van der Waals surface area contributed by atoms with Crippen molar-refractivity contribution < 1.29 is 9.90 Å². The van der Waals surface area contributed by atoms with E-state index in [2.05, 4.69) is 20.8 Å².